The summed E-state index contributed by atoms with van der Waals surface area (Å²) in [5, 5.41) is 6.75. The number of anilines is 2. The van der Waals surface area contributed by atoms with Crippen molar-refractivity contribution < 1.29 is 0 Å². The molecule has 5 heteroatoms. The fourth-order valence-electron chi connectivity index (χ4n) is 2.08. The summed E-state index contributed by atoms with van der Waals surface area (Å²) in [5.74, 6) is 6.48. The fraction of sp³-hybridized carbons (Fsp3) is 0.714. The SMILES string of the molecule is CCNc1cc(NCC2CCSC2)nc(C(C)C)n1. The van der Waals surface area contributed by atoms with Crippen molar-refractivity contribution in [1.82, 2.24) is 9.97 Å². The Bertz CT molecular complexity index is 402. The van der Waals surface area contributed by atoms with Gasteiger partial charge in [-0.2, -0.15) is 11.8 Å². The Morgan fingerprint density at radius 1 is 1.32 bits per heavy atom. The second-order valence-corrected chi connectivity index (χ2v) is 6.44. The Morgan fingerprint density at radius 2 is 2.05 bits per heavy atom. The molecule has 2 heterocycles. The number of rotatable bonds is 6. The third-order valence-corrected chi connectivity index (χ3v) is 4.45. The van der Waals surface area contributed by atoms with Crippen LogP contribution < -0.4 is 10.6 Å². The highest BCUT2D eigenvalue weighted by Gasteiger charge is 2.15. The predicted molar refractivity (Wildman–Crippen MR) is 84.2 cm³/mol. The molecule has 4 nitrogen and oxygen atoms in total. The summed E-state index contributed by atoms with van der Waals surface area (Å²) < 4.78 is 0. The van der Waals surface area contributed by atoms with E-state index in [0.29, 0.717) is 5.92 Å². The van der Waals surface area contributed by atoms with Gasteiger partial charge in [-0.3, -0.25) is 0 Å². The van der Waals surface area contributed by atoms with E-state index in [1.165, 1.54) is 17.9 Å². The van der Waals surface area contributed by atoms with Crippen molar-refractivity contribution >= 4 is 23.4 Å². The third-order valence-electron chi connectivity index (χ3n) is 3.21. The lowest BCUT2D eigenvalue weighted by Crippen LogP contribution is -2.15. The average Bonchev–Trinajstić information content (AvgIpc) is 2.89. The molecule has 0 radical (unpaired) electrons. The van der Waals surface area contributed by atoms with Crippen LogP contribution in [0, 0.1) is 5.92 Å². The second kappa shape index (κ2) is 6.98. The first-order valence-corrected chi connectivity index (χ1v) is 8.29. The van der Waals surface area contributed by atoms with E-state index in [2.05, 4.69) is 53.1 Å². The maximum atomic E-state index is 4.61. The van der Waals surface area contributed by atoms with Gasteiger partial charge >= 0.3 is 0 Å². The molecule has 106 valence electrons. The van der Waals surface area contributed by atoms with Crippen molar-refractivity contribution in [2.45, 2.75) is 33.1 Å². The molecule has 1 saturated heterocycles. The fourth-order valence-corrected chi connectivity index (χ4v) is 3.36. The van der Waals surface area contributed by atoms with Crippen LogP contribution in [0.1, 0.15) is 38.9 Å². The molecular formula is C14H24N4S. The summed E-state index contributed by atoms with van der Waals surface area (Å²) in [6.45, 7) is 8.24. The van der Waals surface area contributed by atoms with Crippen LogP contribution in [-0.4, -0.2) is 34.6 Å². The van der Waals surface area contributed by atoms with E-state index in [0.717, 1.165) is 36.5 Å². The molecule has 0 amide bonds. The van der Waals surface area contributed by atoms with Gasteiger partial charge in [0.15, 0.2) is 0 Å². The Labute approximate surface area is 120 Å². The van der Waals surface area contributed by atoms with Crippen LogP contribution in [0.3, 0.4) is 0 Å². The molecule has 2 rings (SSSR count). The highest BCUT2D eigenvalue weighted by atomic mass is 32.2. The summed E-state index contributed by atoms with van der Waals surface area (Å²) in [6.07, 6.45) is 1.32. The zero-order valence-corrected chi connectivity index (χ0v) is 12.9. The van der Waals surface area contributed by atoms with Crippen molar-refractivity contribution in [3.05, 3.63) is 11.9 Å². The van der Waals surface area contributed by atoms with E-state index in [1.807, 2.05) is 6.07 Å². The summed E-state index contributed by atoms with van der Waals surface area (Å²) >= 11 is 2.05. The van der Waals surface area contributed by atoms with Crippen LogP contribution in [0.5, 0.6) is 0 Å². The molecule has 1 aromatic heterocycles. The minimum absolute atomic E-state index is 0.348. The van der Waals surface area contributed by atoms with Crippen LogP contribution in [-0.2, 0) is 0 Å². The van der Waals surface area contributed by atoms with Crippen LogP contribution in [0.2, 0.25) is 0 Å². The van der Waals surface area contributed by atoms with Crippen LogP contribution in [0.25, 0.3) is 0 Å². The van der Waals surface area contributed by atoms with E-state index in [1.54, 1.807) is 0 Å². The molecule has 1 aliphatic heterocycles. The van der Waals surface area contributed by atoms with Crippen LogP contribution in [0.4, 0.5) is 11.6 Å². The minimum Gasteiger partial charge on any atom is -0.370 e. The van der Waals surface area contributed by atoms with Crippen LogP contribution in [0.15, 0.2) is 6.07 Å². The topological polar surface area (TPSA) is 49.8 Å². The number of thioether (sulfide) groups is 1. The zero-order chi connectivity index (χ0) is 13.7. The maximum absolute atomic E-state index is 4.61. The zero-order valence-electron chi connectivity index (χ0n) is 12.1. The van der Waals surface area contributed by atoms with Crippen molar-refractivity contribution in [3.8, 4) is 0 Å². The van der Waals surface area contributed by atoms with Gasteiger partial charge in [-0.25, -0.2) is 9.97 Å². The monoisotopic (exact) mass is 280 g/mol. The Balaban J connectivity index is 2.04. The van der Waals surface area contributed by atoms with E-state index >= 15 is 0 Å². The van der Waals surface area contributed by atoms with Gasteiger partial charge in [-0.15, -0.1) is 0 Å². The first-order chi connectivity index (χ1) is 9.19. The first kappa shape index (κ1) is 14.4. The Morgan fingerprint density at radius 3 is 2.63 bits per heavy atom. The molecule has 1 aliphatic rings. The van der Waals surface area contributed by atoms with Gasteiger partial charge in [-0.1, -0.05) is 13.8 Å². The molecule has 0 saturated carbocycles. The lowest BCUT2D eigenvalue weighted by Gasteiger charge is -2.14. The predicted octanol–water partition coefficient (Wildman–Crippen LogP) is 3.20. The van der Waals surface area contributed by atoms with Crippen molar-refractivity contribution in [2.24, 2.45) is 5.92 Å². The second-order valence-electron chi connectivity index (χ2n) is 5.29. The lowest BCUT2D eigenvalue weighted by atomic mass is 10.1. The van der Waals surface area contributed by atoms with Crippen LogP contribution >= 0.6 is 11.8 Å². The van der Waals surface area contributed by atoms with Gasteiger partial charge in [0, 0.05) is 25.1 Å². The molecule has 0 aromatic carbocycles. The summed E-state index contributed by atoms with van der Waals surface area (Å²) in [7, 11) is 0. The Kier molecular flexibility index (Phi) is 5.31. The molecule has 0 spiro atoms. The van der Waals surface area contributed by atoms with Crippen molar-refractivity contribution in [1.29, 1.82) is 0 Å². The summed E-state index contributed by atoms with van der Waals surface area (Å²) in [5.41, 5.74) is 0. The number of nitrogens with zero attached hydrogens (tertiary/aromatic N) is 2. The molecule has 0 aliphatic carbocycles. The maximum Gasteiger partial charge on any atom is 0.135 e. The average molecular weight is 280 g/mol. The molecule has 1 aromatic rings. The molecule has 1 unspecified atom stereocenters. The minimum atomic E-state index is 0.348. The molecule has 2 N–H and O–H groups in total. The van der Waals surface area contributed by atoms with E-state index < -0.39 is 0 Å². The van der Waals surface area contributed by atoms with Gasteiger partial charge in [0.25, 0.3) is 0 Å². The quantitative estimate of drug-likeness (QED) is 0.838. The third kappa shape index (κ3) is 4.27. The molecule has 19 heavy (non-hydrogen) atoms. The molecule has 1 atom stereocenters. The highest BCUT2D eigenvalue weighted by molar-refractivity contribution is 7.99. The number of aromatic nitrogens is 2. The molecule has 0 bridgehead atoms. The largest absolute Gasteiger partial charge is 0.370 e. The highest BCUT2D eigenvalue weighted by Crippen LogP contribution is 2.24. The number of hydrogen-bond donors (Lipinski definition) is 2. The number of hydrogen-bond acceptors (Lipinski definition) is 5. The Hall–Kier alpha value is -0.970. The lowest BCUT2D eigenvalue weighted by molar-refractivity contribution is 0.629. The first-order valence-electron chi connectivity index (χ1n) is 7.13. The molecule has 1 fully saturated rings. The van der Waals surface area contributed by atoms with Gasteiger partial charge in [0.1, 0.15) is 17.5 Å². The van der Waals surface area contributed by atoms with E-state index in [-0.39, 0.29) is 0 Å². The van der Waals surface area contributed by atoms with Crippen molar-refractivity contribution in [2.75, 3.05) is 35.2 Å². The van der Waals surface area contributed by atoms with Gasteiger partial charge in [0.05, 0.1) is 0 Å². The van der Waals surface area contributed by atoms with Gasteiger partial charge in [0.2, 0.25) is 0 Å². The molecular weight excluding hydrogens is 256 g/mol. The number of nitrogens with one attached hydrogen (secondary N) is 2. The summed E-state index contributed by atoms with van der Waals surface area (Å²) in [4.78, 5) is 9.14. The standard InChI is InChI=1S/C14H24N4S/c1-4-15-12-7-13(18-14(17-12)10(2)3)16-8-11-5-6-19-9-11/h7,10-11H,4-6,8-9H2,1-3H3,(H2,15,16,17,18). The van der Waals surface area contributed by atoms with Gasteiger partial charge in [-0.05, 0) is 30.8 Å². The normalized spacial score (nSPS) is 18.8. The van der Waals surface area contributed by atoms with Crippen molar-refractivity contribution in [3.63, 3.8) is 0 Å². The van der Waals surface area contributed by atoms with E-state index in [4.69, 9.17) is 0 Å². The smallest absolute Gasteiger partial charge is 0.135 e. The van der Waals surface area contributed by atoms with Gasteiger partial charge < -0.3 is 10.6 Å². The van der Waals surface area contributed by atoms with E-state index in [9.17, 15) is 0 Å². The summed E-state index contributed by atoms with van der Waals surface area (Å²) in [6, 6.07) is 2.01.